The van der Waals surface area contributed by atoms with Gasteiger partial charge in [-0.1, -0.05) is 0 Å². The van der Waals surface area contributed by atoms with E-state index in [9.17, 15) is 9.59 Å². The van der Waals surface area contributed by atoms with Gasteiger partial charge in [0.1, 0.15) is 6.23 Å². The SMILES string of the molecule is CCn1nnc([C@H]2O[C@@H](n3cnc4c(N[C@H]5CC[C@H](Nc6nc(Cl)nc7c6ncn7C6CCCCO6)CC5)nc(Cl)nc43)[C@H](OC(C)=O)[C@@H]2OC(C)=O)n1. The molecule has 0 spiro atoms. The quantitative estimate of drug-likeness (QED) is 0.151. The predicted octanol–water partition coefficient (Wildman–Crippen LogP) is 3.95. The lowest BCUT2D eigenvalue weighted by molar-refractivity contribution is -0.165. The smallest absolute Gasteiger partial charge is 0.303 e. The second-order valence-corrected chi connectivity index (χ2v) is 14.1. The number of carbonyl (C=O) groups excluding carboxylic acids is 2. The molecule has 2 N–H and O–H groups in total. The second-order valence-electron chi connectivity index (χ2n) is 13.4. The van der Waals surface area contributed by atoms with Crippen LogP contribution in [0.3, 0.4) is 0 Å². The maximum absolute atomic E-state index is 12.3. The number of fused-ring (bicyclic) bond motifs is 2. The Balaban J connectivity index is 0.995. The van der Waals surface area contributed by atoms with Crippen molar-refractivity contribution in [3.05, 3.63) is 29.0 Å². The molecule has 3 aliphatic rings. The minimum Gasteiger partial charge on any atom is -0.455 e. The minimum atomic E-state index is -1.12. The van der Waals surface area contributed by atoms with E-state index in [4.69, 9.17) is 42.1 Å². The molecule has 0 bridgehead atoms. The second kappa shape index (κ2) is 15.2. The van der Waals surface area contributed by atoms with Gasteiger partial charge in [-0.25, -0.2) is 9.97 Å². The lowest BCUT2D eigenvalue weighted by atomic mass is 9.91. The van der Waals surface area contributed by atoms with Crippen molar-refractivity contribution in [1.82, 2.24) is 59.2 Å². The lowest BCUT2D eigenvalue weighted by Crippen LogP contribution is -2.37. The number of nitrogens with one attached hydrogen (secondary N) is 2. The molecule has 2 aliphatic heterocycles. The van der Waals surface area contributed by atoms with E-state index in [1.807, 2.05) is 11.5 Å². The van der Waals surface area contributed by atoms with Gasteiger partial charge in [0.2, 0.25) is 16.4 Å². The van der Waals surface area contributed by atoms with E-state index in [0.717, 1.165) is 44.9 Å². The van der Waals surface area contributed by atoms with Gasteiger partial charge in [-0.05, 0) is 80.3 Å². The molecule has 8 rings (SSSR count). The van der Waals surface area contributed by atoms with Crippen LogP contribution in [0.1, 0.15) is 90.1 Å². The predicted molar refractivity (Wildman–Crippen MR) is 190 cm³/mol. The van der Waals surface area contributed by atoms with Crippen LogP contribution < -0.4 is 10.6 Å². The minimum absolute atomic E-state index is 0.0347. The van der Waals surface area contributed by atoms with Crippen molar-refractivity contribution in [3.63, 3.8) is 0 Å². The topological polar surface area (TPSA) is 226 Å². The summed E-state index contributed by atoms with van der Waals surface area (Å²) in [5, 5.41) is 19.6. The molecule has 5 aromatic rings. The van der Waals surface area contributed by atoms with Gasteiger partial charge in [-0.3, -0.25) is 18.7 Å². The van der Waals surface area contributed by atoms with E-state index in [1.54, 1.807) is 10.9 Å². The van der Waals surface area contributed by atoms with E-state index in [0.29, 0.717) is 47.1 Å². The van der Waals surface area contributed by atoms with Crippen LogP contribution in [0.2, 0.25) is 10.6 Å². The number of ether oxygens (including phenoxy) is 4. The third kappa shape index (κ3) is 7.21. The molecule has 2 saturated heterocycles. The number of imidazole rings is 2. The standard InChI is InChI=1S/C32H38Cl2N14O6/c1-4-48-44-27(43-45-48)23-22(52-15(2)49)24(53-16(3)50)30(54-23)47-14-36-21-26(40-32(34)42-29(21)47)38-18-10-8-17(9-11-18)37-25-20-28(41-31(33)39-25)46(13-35-20)19-7-5-6-12-51-19/h13-14,17-19,22-24,30H,4-12H2,1-3H3,(H,37,39,41)(H,38,40,42)/t17-,18-,19?,22-,23+,24-,30-/m1/s1. The molecule has 3 fully saturated rings. The van der Waals surface area contributed by atoms with Crippen LogP contribution in [0.15, 0.2) is 12.7 Å². The molecule has 22 heteroatoms. The van der Waals surface area contributed by atoms with Crippen molar-refractivity contribution in [1.29, 1.82) is 0 Å². The van der Waals surface area contributed by atoms with Crippen LogP contribution in [0.5, 0.6) is 0 Å². The number of esters is 2. The molecule has 1 saturated carbocycles. The average Bonchev–Trinajstić information content (AvgIpc) is 3.95. The first-order chi connectivity index (χ1) is 26.1. The number of halogens is 2. The maximum Gasteiger partial charge on any atom is 0.303 e. The molecular formula is C32H38Cl2N14O6. The highest BCUT2D eigenvalue weighted by Crippen LogP contribution is 2.43. The number of hydrogen-bond acceptors (Lipinski definition) is 17. The summed E-state index contributed by atoms with van der Waals surface area (Å²) in [5.74, 6) is -0.0417. The van der Waals surface area contributed by atoms with E-state index < -0.39 is 36.5 Å². The first-order valence-electron chi connectivity index (χ1n) is 17.9. The number of aromatic nitrogens is 12. The van der Waals surface area contributed by atoms with E-state index in [2.05, 4.69) is 55.9 Å². The first kappa shape index (κ1) is 36.2. The fourth-order valence-corrected chi connectivity index (χ4v) is 7.63. The van der Waals surface area contributed by atoms with Crippen molar-refractivity contribution in [2.75, 3.05) is 17.2 Å². The molecular weight excluding hydrogens is 747 g/mol. The fourth-order valence-electron chi connectivity index (χ4n) is 7.30. The number of hydrogen-bond donors (Lipinski definition) is 2. The summed E-state index contributed by atoms with van der Waals surface area (Å²) in [6.07, 6.45) is 5.06. The Morgan fingerprint density at radius 1 is 0.833 bits per heavy atom. The Labute approximate surface area is 317 Å². The summed E-state index contributed by atoms with van der Waals surface area (Å²) in [7, 11) is 0. The molecule has 20 nitrogen and oxygen atoms in total. The largest absolute Gasteiger partial charge is 0.455 e. The van der Waals surface area contributed by atoms with Crippen molar-refractivity contribution in [2.24, 2.45) is 0 Å². The number of aryl methyl sites for hydroxylation is 1. The zero-order valence-electron chi connectivity index (χ0n) is 29.6. The lowest BCUT2D eigenvalue weighted by Gasteiger charge is -2.30. The first-order valence-corrected chi connectivity index (χ1v) is 18.6. The van der Waals surface area contributed by atoms with Gasteiger partial charge in [-0.2, -0.15) is 24.7 Å². The molecule has 0 amide bonds. The van der Waals surface area contributed by atoms with Gasteiger partial charge in [0.15, 0.2) is 58.5 Å². The van der Waals surface area contributed by atoms with Crippen LogP contribution in [-0.4, -0.2) is 102 Å². The van der Waals surface area contributed by atoms with Crippen LogP contribution in [0.4, 0.5) is 11.6 Å². The van der Waals surface area contributed by atoms with E-state index in [-0.39, 0.29) is 34.7 Å². The molecule has 5 atom stereocenters. The summed E-state index contributed by atoms with van der Waals surface area (Å²) in [5.41, 5.74) is 2.02. The molecule has 1 unspecified atom stereocenters. The number of anilines is 2. The summed E-state index contributed by atoms with van der Waals surface area (Å²) in [6.45, 7) is 5.50. The molecule has 7 heterocycles. The number of rotatable bonds is 10. The van der Waals surface area contributed by atoms with Gasteiger partial charge in [0.25, 0.3) is 0 Å². The highest BCUT2D eigenvalue weighted by Gasteiger charge is 2.53. The Kier molecular flexibility index (Phi) is 10.2. The third-order valence-corrected chi connectivity index (χ3v) is 10.1. The van der Waals surface area contributed by atoms with Gasteiger partial charge >= 0.3 is 11.9 Å². The zero-order valence-corrected chi connectivity index (χ0v) is 31.1. The highest BCUT2D eigenvalue weighted by atomic mass is 35.5. The van der Waals surface area contributed by atoms with E-state index in [1.165, 1.54) is 25.0 Å². The third-order valence-electron chi connectivity index (χ3n) is 9.74. The van der Waals surface area contributed by atoms with Crippen LogP contribution >= 0.6 is 23.2 Å². The summed E-state index contributed by atoms with van der Waals surface area (Å²) >= 11 is 12.9. The molecule has 1 aliphatic carbocycles. The number of tetrazole rings is 1. The monoisotopic (exact) mass is 784 g/mol. The van der Waals surface area contributed by atoms with Crippen molar-refractivity contribution < 1.29 is 28.5 Å². The zero-order chi connectivity index (χ0) is 37.5. The molecule has 286 valence electrons. The van der Waals surface area contributed by atoms with Gasteiger partial charge in [0.05, 0.1) is 19.2 Å². The molecule has 54 heavy (non-hydrogen) atoms. The summed E-state index contributed by atoms with van der Waals surface area (Å²) < 4.78 is 27.2. The Morgan fingerprint density at radius 2 is 1.43 bits per heavy atom. The highest BCUT2D eigenvalue weighted by molar-refractivity contribution is 6.29. The van der Waals surface area contributed by atoms with Crippen LogP contribution in [-0.2, 0) is 35.1 Å². The normalized spacial score (nSPS) is 25.9. The van der Waals surface area contributed by atoms with Gasteiger partial charge in [0, 0.05) is 32.5 Å². The van der Waals surface area contributed by atoms with Gasteiger partial charge in [-0.15, -0.1) is 10.2 Å². The maximum atomic E-state index is 12.3. The van der Waals surface area contributed by atoms with Crippen molar-refractivity contribution in [2.45, 2.75) is 115 Å². The molecule has 0 aromatic carbocycles. The molecule has 0 radical (unpaired) electrons. The number of nitrogens with zero attached hydrogens (tertiary/aromatic N) is 12. The van der Waals surface area contributed by atoms with Crippen molar-refractivity contribution >= 4 is 69.1 Å². The van der Waals surface area contributed by atoms with Crippen LogP contribution in [0.25, 0.3) is 22.3 Å². The Bertz CT molecular complexity index is 2160. The number of carbonyl (C=O) groups is 2. The average molecular weight is 786 g/mol. The molecule has 5 aromatic heterocycles. The van der Waals surface area contributed by atoms with Crippen molar-refractivity contribution in [3.8, 4) is 0 Å². The van der Waals surface area contributed by atoms with Gasteiger partial charge < -0.3 is 29.6 Å². The summed E-state index contributed by atoms with van der Waals surface area (Å²) in [4.78, 5) is 53.0. The Hall–Kier alpha value is -4.79. The van der Waals surface area contributed by atoms with Crippen LogP contribution in [0, 0.1) is 0 Å². The fraction of sp³-hybridized carbons (Fsp3) is 0.594. The summed E-state index contributed by atoms with van der Waals surface area (Å²) in [6, 6.07) is 0.159. The van der Waals surface area contributed by atoms with E-state index >= 15 is 0 Å². The Morgan fingerprint density at radius 3 is 1.98 bits per heavy atom.